The fourth-order valence-electron chi connectivity index (χ4n) is 3.17. The van der Waals surface area contributed by atoms with E-state index < -0.39 is 16.7 Å². The molecule has 1 aliphatic heterocycles. The summed E-state index contributed by atoms with van der Waals surface area (Å²) in [6, 6.07) is 7.52. The van der Waals surface area contributed by atoms with Crippen molar-refractivity contribution in [2.75, 3.05) is 13.1 Å². The molecule has 2 fully saturated rings. The first-order chi connectivity index (χ1) is 11.7. The number of carbonyl (C=O) groups excluding carboxylic acids is 1. The summed E-state index contributed by atoms with van der Waals surface area (Å²) >= 11 is -1.52. The van der Waals surface area contributed by atoms with Gasteiger partial charge in [0.15, 0.2) is 11.1 Å². The third-order valence-corrected chi connectivity index (χ3v) is 5.69. The average Bonchev–Trinajstić information content (AvgIpc) is 3.27. The summed E-state index contributed by atoms with van der Waals surface area (Å²) in [4.78, 5) is 14.7. The summed E-state index contributed by atoms with van der Waals surface area (Å²) in [5.74, 6) is 0.800. The minimum absolute atomic E-state index is 0.206. The molecule has 3 atom stereocenters. The number of rotatable bonds is 4. The molecule has 1 heterocycles. The molecule has 0 N–H and O–H groups in total. The van der Waals surface area contributed by atoms with Gasteiger partial charge in [0.2, 0.25) is 0 Å². The van der Waals surface area contributed by atoms with E-state index in [4.69, 9.17) is 8.92 Å². The van der Waals surface area contributed by atoms with Crippen LogP contribution < -0.4 is 0 Å². The van der Waals surface area contributed by atoms with E-state index in [0.29, 0.717) is 23.9 Å². The second-order valence-corrected chi connectivity index (χ2v) is 9.20. The highest BCUT2D eigenvalue weighted by atomic mass is 32.2. The van der Waals surface area contributed by atoms with Crippen molar-refractivity contribution in [2.45, 2.75) is 57.1 Å². The van der Waals surface area contributed by atoms with Crippen LogP contribution >= 0.6 is 0 Å². The first-order valence-electron chi connectivity index (χ1n) is 8.86. The minimum Gasteiger partial charge on any atom is -0.444 e. The molecule has 1 aromatic rings. The number of nitrogens with zero attached hydrogens (tertiary/aromatic N) is 1. The molecule has 1 saturated heterocycles. The standard InChI is InChI=1S/C19H27NO4S/c1-13-5-9-15(10-6-13)25(22)24-17-12-20(11-16(17)14-7-8-14)18(21)23-19(2,3)4/h5-6,9-10,14,16-17H,7-8,11-12H2,1-4H3/t16-,17+,25?/m0/s1. The van der Waals surface area contributed by atoms with Crippen LogP contribution in [0.2, 0.25) is 0 Å². The molecule has 1 amide bonds. The number of amides is 1. The Hall–Kier alpha value is -1.40. The predicted octanol–water partition coefficient (Wildman–Crippen LogP) is 3.68. The Morgan fingerprint density at radius 3 is 2.36 bits per heavy atom. The predicted molar refractivity (Wildman–Crippen MR) is 96.5 cm³/mol. The molecule has 2 aliphatic rings. The fourth-order valence-corrected chi connectivity index (χ4v) is 4.07. The van der Waals surface area contributed by atoms with Gasteiger partial charge >= 0.3 is 6.09 Å². The maximum absolute atomic E-state index is 12.6. The van der Waals surface area contributed by atoms with Crippen molar-refractivity contribution in [1.82, 2.24) is 4.90 Å². The first kappa shape index (κ1) is 18.4. The van der Waals surface area contributed by atoms with Crippen molar-refractivity contribution in [3.05, 3.63) is 29.8 Å². The molecule has 3 rings (SSSR count). The third kappa shape index (κ3) is 4.82. The van der Waals surface area contributed by atoms with Gasteiger partial charge in [-0.25, -0.2) is 9.00 Å². The Kier molecular flexibility index (Phi) is 5.21. The average molecular weight is 365 g/mol. The lowest BCUT2D eigenvalue weighted by Gasteiger charge is -2.24. The van der Waals surface area contributed by atoms with Gasteiger partial charge in [-0.3, -0.25) is 4.18 Å². The highest BCUT2D eigenvalue weighted by Crippen LogP contribution is 2.43. The van der Waals surface area contributed by atoms with E-state index in [1.807, 2.05) is 52.0 Å². The van der Waals surface area contributed by atoms with E-state index in [0.717, 1.165) is 18.4 Å². The van der Waals surface area contributed by atoms with Gasteiger partial charge in [-0.2, -0.15) is 0 Å². The topological polar surface area (TPSA) is 55.8 Å². The van der Waals surface area contributed by atoms with Crippen LogP contribution in [0.15, 0.2) is 29.2 Å². The van der Waals surface area contributed by atoms with Crippen LogP contribution in [0.5, 0.6) is 0 Å². The summed E-state index contributed by atoms with van der Waals surface area (Å²) in [6.07, 6.45) is 1.79. The van der Waals surface area contributed by atoms with Gasteiger partial charge < -0.3 is 9.64 Å². The van der Waals surface area contributed by atoms with Crippen molar-refractivity contribution >= 4 is 17.2 Å². The van der Waals surface area contributed by atoms with E-state index in [-0.39, 0.29) is 18.1 Å². The lowest BCUT2D eigenvalue weighted by atomic mass is 10.0. The van der Waals surface area contributed by atoms with Crippen LogP contribution in [0.3, 0.4) is 0 Å². The Balaban J connectivity index is 1.66. The van der Waals surface area contributed by atoms with Crippen LogP contribution in [0, 0.1) is 18.8 Å². The van der Waals surface area contributed by atoms with Crippen molar-refractivity contribution in [3.8, 4) is 0 Å². The molecule has 0 aromatic heterocycles. The second kappa shape index (κ2) is 7.08. The maximum atomic E-state index is 12.6. The summed E-state index contributed by atoms with van der Waals surface area (Å²) in [7, 11) is 0. The molecular weight excluding hydrogens is 338 g/mol. The summed E-state index contributed by atoms with van der Waals surface area (Å²) in [5.41, 5.74) is 0.601. The highest BCUT2D eigenvalue weighted by molar-refractivity contribution is 7.80. The Labute approximate surface area is 152 Å². The quantitative estimate of drug-likeness (QED) is 0.817. The van der Waals surface area contributed by atoms with Crippen LogP contribution in [0.4, 0.5) is 4.79 Å². The van der Waals surface area contributed by atoms with Gasteiger partial charge in [-0.1, -0.05) is 17.7 Å². The molecule has 1 aliphatic carbocycles. The molecule has 25 heavy (non-hydrogen) atoms. The molecule has 5 nitrogen and oxygen atoms in total. The third-order valence-electron chi connectivity index (χ3n) is 4.61. The smallest absolute Gasteiger partial charge is 0.410 e. The summed E-state index contributed by atoms with van der Waals surface area (Å²) in [6.45, 7) is 8.63. The van der Waals surface area contributed by atoms with Gasteiger partial charge in [-0.15, -0.1) is 0 Å². The Morgan fingerprint density at radius 1 is 1.16 bits per heavy atom. The van der Waals surface area contributed by atoms with Gasteiger partial charge in [0, 0.05) is 12.5 Å². The van der Waals surface area contributed by atoms with Gasteiger partial charge in [-0.05, 0) is 58.6 Å². The number of likely N-dealkylation sites (tertiary alicyclic amines) is 1. The maximum Gasteiger partial charge on any atom is 0.410 e. The SMILES string of the molecule is Cc1ccc(S(=O)O[C@@H]2CN(C(=O)OC(C)(C)C)C[C@H]2C2CC2)cc1. The number of hydrogen-bond acceptors (Lipinski definition) is 4. The number of ether oxygens (including phenoxy) is 1. The monoisotopic (exact) mass is 365 g/mol. The van der Waals surface area contributed by atoms with Crippen LogP contribution in [-0.4, -0.2) is 40.0 Å². The molecule has 1 unspecified atom stereocenters. The van der Waals surface area contributed by atoms with Gasteiger partial charge in [0.25, 0.3) is 0 Å². The second-order valence-electron chi connectivity index (χ2n) is 8.07. The zero-order chi connectivity index (χ0) is 18.2. The van der Waals surface area contributed by atoms with Gasteiger partial charge in [0.1, 0.15) is 5.60 Å². The van der Waals surface area contributed by atoms with E-state index >= 15 is 0 Å². The summed E-state index contributed by atoms with van der Waals surface area (Å²) in [5, 5.41) is 0. The van der Waals surface area contributed by atoms with E-state index in [2.05, 4.69) is 0 Å². The van der Waals surface area contributed by atoms with Crippen molar-refractivity contribution in [3.63, 3.8) is 0 Å². The molecule has 1 saturated carbocycles. The van der Waals surface area contributed by atoms with Crippen molar-refractivity contribution in [2.24, 2.45) is 11.8 Å². The number of carbonyl (C=O) groups is 1. The number of hydrogen-bond donors (Lipinski definition) is 0. The van der Waals surface area contributed by atoms with Crippen molar-refractivity contribution in [1.29, 1.82) is 0 Å². The van der Waals surface area contributed by atoms with E-state index in [1.54, 1.807) is 4.90 Å². The van der Waals surface area contributed by atoms with Gasteiger partial charge in [0.05, 0.1) is 17.5 Å². The molecule has 0 bridgehead atoms. The Morgan fingerprint density at radius 2 is 1.80 bits per heavy atom. The van der Waals surface area contributed by atoms with Crippen LogP contribution in [-0.2, 0) is 20.0 Å². The molecule has 0 radical (unpaired) electrons. The van der Waals surface area contributed by atoms with E-state index in [1.165, 1.54) is 0 Å². The minimum atomic E-state index is -1.52. The normalized spacial score (nSPS) is 25.0. The molecule has 6 heteroatoms. The molecule has 138 valence electrons. The number of benzene rings is 1. The zero-order valence-electron chi connectivity index (χ0n) is 15.4. The largest absolute Gasteiger partial charge is 0.444 e. The Bertz CT molecular complexity index is 648. The lowest BCUT2D eigenvalue weighted by molar-refractivity contribution is 0.0276. The zero-order valence-corrected chi connectivity index (χ0v) is 16.2. The summed E-state index contributed by atoms with van der Waals surface area (Å²) < 4.78 is 23.9. The number of aryl methyl sites for hydroxylation is 1. The first-order valence-corrected chi connectivity index (χ1v) is 9.94. The molecule has 0 spiro atoms. The van der Waals surface area contributed by atoms with Crippen molar-refractivity contribution < 1.29 is 17.9 Å². The lowest BCUT2D eigenvalue weighted by Crippen LogP contribution is -2.36. The highest BCUT2D eigenvalue weighted by Gasteiger charge is 2.46. The van der Waals surface area contributed by atoms with Crippen LogP contribution in [0.1, 0.15) is 39.2 Å². The van der Waals surface area contributed by atoms with Crippen LogP contribution in [0.25, 0.3) is 0 Å². The molecular formula is C19H27NO4S. The van der Waals surface area contributed by atoms with E-state index in [9.17, 15) is 9.00 Å². The molecule has 1 aromatic carbocycles. The fraction of sp³-hybridized carbons (Fsp3) is 0.632.